The van der Waals surface area contributed by atoms with E-state index in [1.165, 1.54) is 0 Å². The quantitative estimate of drug-likeness (QED) is 0.833. The highest BCUT2D eigenvalue weighted by Crippen LogP contribution is 2.22. The molecule has 0 aliphatic rings. The van der Waals surface area contributed by atoms with Gasteiger partial charge in [-0.25, -0.2) is 4.79 Å². The summed E-state index contributed by atoms with van der Waals surface area (Å²) in [7, 11) is 0. The topological polar surface area (TPSA) is 41.1 Å². The summed E-state index contributed by atoms with van der Waals surface area (Å²) in [6, 6.07) is 13.7. The predicted molar refractivity (Wildman–Crippen MR) is 89.0 cm³/mol. The molecule has 0 fully saturated rings. The van der Waals surface area contributed by atoms with Crippen LogP contribution in [0.2, 0.25) is 0 Å². The number of hydrogen-bond donors (Lipinski definition) is 2. The summed E-state index contributed by atoms with van der Waals surface area (Å²) >= 11 is 0. The molecular formula is C18H22N2O. The van der Waals surface area contributed by atoms with Gasteiger partial charge in [0.25, 0.3) is 0 Å². The maximum absolute atomic E-state index is 12.2. The molecule has 0 spiro atoms. The van der Waals surface area contributed by atoms with E-state index in [2.05, 4.69) is 24.5 Å². The lowest BCUT2D eigenvalue weighted by Crippen LogP contribution is -2.21. The second-order valence-electron chi connectivity index (χ2n) is 5.05. The molecule has 0 saturated heterocycles. The highest BCUT2D eigenvalue weighted by molar-refractivity contribution is 6.01. The van der Waals surface area contributed by atoms with Crippen LogP contribution in [0.25, 0.3) is 0 Å². The molecule has 0 saturated carbocycles. The largest absolute Gasteiger partial charge is 0.323 e. The Kier molecular flexibility index (Phi) is 4.99. The maximum atomic E-state index is 12.2. The van der Waals surface area contributed by atoms with E-state index >= 15 is 0 Å². The van der Waals surface area contributed by atoms with Gasteiger partial charge in [-0.15, -0.1) is 0 Å². The van der Waals surface area contributed by atoms with Crippen molar-refractivity contribution in [1.82, 2.24) is 0 Å². The Morgan fingerprint density at radius 3 is 2.29 bits per heavy atom. The van der Waals surface area contributed by atoms with E-state index in [9.17, 15) is 4.79 Å². The third kappa shape index (κ3) is 3.63. The summed E-state index contributed by atoms with van der Waals surface area (Å²) < 4.78 is 0. The third-order valence-electron chi connectivity index (χ3n) is 3.62. The number of aryl methyl sites for hydroxylation is 3. The van der Waals surface area contributed by atoms with Gasteiger partial charge >= 0.3 is 6.03 Å². The second-order valence-corrected chi connectivity index (χ2v) is 5.05. The Labute approximate surface area is 126 Å². The number of para-hydroxylation sites is 2. The number of anilines is 2. The Hall–Kier alpha value is -2.29. The average Bonchev–Trinajstić information content (AvgIpc) is 2.49. The van der Waals surface area contributed by atoms with E-state index < -0.39 is 0 Å². The first kappa shape index (κ1) is 15.1. The van der Waals surface area contributed by atoms with Crippen molar-refractivity contribution in [3.05, 3.63) is 59.2 Å². The van der Waals surface area contributed by atoms with Crippen LogP contribution in [0.15, 0.2) is 42.5 Å². The number of nitrogens with one attached hydrogen (secondary N) is 2. The third-order valence-corrected chi connectivity index (χ3v) is 3.62. The zero-order chi connectivity index (χ0) is 15.2. The van der Waals surface area contributed by atoms with Crippen molar-refractivity contribution < 1.29 is 4.79 Å². The van der Waals surface area contributed by atoms with Crippen LogP contribution < -0.4 is 10.6 Å². The molecule has 2 rings (SSSR count). The number of benzene rings is 2. The van der Waals surface area contributed by atoms with Gasteiger partial charge < -0.3 is 10.6 Å². The minimum Gasteiger partial charge on any atom is -0.307 e. The fourth-order valence-electron chi connectivity index (χ4n) is 2.42. The van der Waals surface area contributed by atoms with E-state index in [4.69, 9.17) is 0 Å². The Balaban J connectivity index is 2.16. The fraction of sp³-hybridized carbons (Fsp3) is 0.278. The first-order chi connectivity index (χ1) is 10.2. The minimum atomic E-state index is -0.195. The van der Waals surface area contributed by atoms with Gasteiger partial charge in [-0.3, -0.25) is 0 Å². The van der Waals surface area contributed by atoms with Crippen LogP contribution in [0.3, 0.4) is 0 Å². The summed E-state index contributed by atoms with van der Waals surface area (Å²) in [5, 5.41) is 5.92. The SMILES string of the molecule is CCc1ccccc1NC(=O)Nc1c(C)cccc1CC. The number of amides is 2. The smallest absolute Gasteiger partial charge is 0.307 e. The van der Waals surface area contributed by atoms with Crippen molar-refractivity contribution in [3.8, 4) is 0 Å². The van der Waals surface area contributed by atoms with Crippen molar-refractivity contribution >= 4 is 17.4 Å². The number of urea groups is 1. The van der Waals surface area contributed by atoms with Crippen LogP contribution in [-0.2, 0) is 12.8 Å². The highest BCUT2D eigenvalue weighted by atomic mass is 16.2. The van der Waals surface area contributed by atoms with E-state index in [0.717, 1.165) is 40.9 Å². The van der Waals surface area contributed by atoms with E-state index in [1.54, 1.807) is 0 Å². The fourth-order valence-corrected chi connectivity index (χ4v) is 2.42. The standard InChI is InChI=1S/C18H22N2O/c1-4-14-10-6-7-12-16(14)19-18(21)20-17-13(3)9-8-11-15(17)5-2/h6-12H,4-5H2,1-3H3,(H2,19,20,21). The van der Waals surface area contributed by atoms with Crippen molar-refractivity contribution in [1.29, 1.82) is 0 Å². The average molecular weight is 282 g/mol. The molecule has 0 unspecified atom stereocenters. The van der Waals surface area contributed by atoms with E-state index in [1.807, 2.05) is 49.4 Å². The Morgan fingerprint density at radius 1 is 0.905 bits per heavy atom. The number of carbonyl (C=O) groups excluding carboxylic acids is 1. The molecule has 2 aromatic rings. The lowest BCUT2D eigenvalue weighted by Gasteiger charge is -2.15. The summed E-state index contributed by atoms with van der Waals surface area (Å²) in [5.41, 5.74) is 5.13. The molecule has 3 nitrogen and oxygen atoms in total. The molecule has 110 valence electrons. The summed E-state index contributed by atoms with van der Waals surface area (Å²) in [4.78, 5) is 12.2. The molecule has 0 heterocycles. The van der Waals surface area contributed by atoms with E-state index in [-0.39, 0.29) is 6.03 Å². The maximum Gasteiger partial charge on any atom is 0.323 e. The first-order valence-electron chi connectivity index (χ1n) is 7.40. The normalized spacial score (nSPS) is 10.2. The van der Waals surface area contributed by atoms with Crippen LogP contribution >= 0.6 is 0 Å². The highest BCUT2D eigenvalue weighted by Gasteiger charge is 2.09. The lowest BCUT2D eigenvalue weighted by molar-refractivity contribution is 0.262. The number of rotatable bonds is 4. The van der Waals surface area contributed by atoms with Crippen LogP contribution in [-0.4, -0.2) is 6.03 Å². The number of hydrogen-bond acceptors (Lipinski definition) is 1. The van der Waals surface area contributed by atoms with E-state index in [0.29, 0.717) is 0 Å². The van der Waals surface area contributed by atoms with Gasteiger partial charge in [-0.05, 0) is 42.5 Å². The van der Waals surface area contributed by atoms with Gasteiger partial charge in [-0.2, -0.15) is 0 Å². The summed E-state index contributed by atoms with van der Waals surface area (Å²) in [6.07, 6.45) is 1.78. The molecule has 0 atom stereocenters. The minimum absolute atomic E-state index is 0.195. The van der Waals surface area contributed by atoms with Crippen LogP contribution in [0.1, 0.15) is 30.5 Å². The molecular weight excluding hydrogens is 260 g/mol. The molecule has 3 heteroatoms. The Morgan fingerprint density at radius 2 is 1.57 bits per heavy atom. The zero-order valence-electron chi connectivity index (χ0n) is 12.9. The van der Waals surface area contributed by atoms with Gasteiger partial charge in [0.1, 0.15) is 0 Å². The molecule has 0 radical (unpaired) electrons. The van der Waals surface area contributed by atoms with Gasteiger partial charge in [0.05, 0.1) is 0 Å². The summed E-state index contributed by atoms with van der Waals surface area (Å²) in [5.74, 6) is 0. The van der Waals surface area contributed by atoms with Crippen LogP contribution in [0.5, 0.6) is 0 Å². The molecule has 0 aromatic heterocycles. The van der Waals surface area contributed by atoms with Crippen molar-refractivity contribution in [2.45, 2.75) is 33.6 Å². The molecule has 0 aliphatic heterocycles. The van der Waals surface area contributed by atoms with Crippen molar-refractivity contribution in [2.75, 3.05) is 10.6 Å². The summed E-state index contributed by atoms with van der Waals surface area (Å²) in [6.45, 7) is 6.17. The monoisotopic (exact) mass is 282 g/mol. The zero-order valence-corrected chi connectivity index (χ0v) is 12.9. The molecule has 2 N–H and O–H groups in total. The molecule has 2 aromatic carbocycles. The molecule has 21 heavy (non-hydrogen) atoms. The molecule has 0 bridgehead atoms. The predicted octanol–water partition coefficient (Wildman–Crippen LogP) is 4.76. The van der Waals surface area contributed by atoms with Crippen LogP contribution in [0.4, 0.5) is 16.2 Å². The number of carbonyl (C=O) groups is 1. The molecule has 0 aliphatic carbocycles. The van der Waals surface area contributed by atoms with Crippen LogP contribution in [0, 0.1) is 6.92 Å². The van der Waals surface area contributed by atoms with Gasteiger partial charge in [0.15, 0.2) is 0 Å². The van der Waals surface area contributed by atoms with Crippen molar-refractivity contribution in [3.63, 3.8) is 0 Å². The first-order valence-corrected chi connectivity index (χ1v) is 7.40. The van der Waals surface area contributed by atoms with Gasteiger partial charge in [-0.1, -0.05) is 50.2 Å². The lowest BCUT2D eigenvalue weighted by atomic mass is 10.1. The van der Waals surface area contributed by atoms with Gasteiger partial charge in [0, 0.05) is 11.4 Å². The van der Waals surface area contributed by atoms with Crippen molar-refractivity contribution in [2.24, 2.45) is 0 Å². The molecule has 2 amide bonds. The second kappa shape index (κ2) is 6.93. The Bertz CT molecular complexity index is 635. The van der Waals surface area contributed by atoms with Gasteiger partial charge in [0.2, 0.25) is 0 Å².